The zero-order valence-electron chi connectivity index (χ0n) is 21.6. The fourth-order valence-corrected chi connectivity index (χ4v) is 5.10. The molecule has 196 valence electrons. The Morgan fingerprint density at radius 1 is 0.850 bits per heavy atom. The summed E-state index contributed by atoms with van der Waals surface area (Å²) in [6, 6.07) is 22.0. The average Bonchev–Trinajstić information content (AvgIpc) is 3.37. The number of anilines is 1. The van der Waals surface area contributed by atoms with Crippen LogP contribution in [0.2, 0.25) is 5.02 Å². The first-order valence-corrected chi connectivity index (χ1v) is 12.9. The molecule has 0 unspecified atom stereocenters. The van der Waals surface area contributed by atoms with E-state index < -0.39 is 5.91 Å². The Labute approximate surface area is 234 Å². The number of benzene rings is 3. The van der Waals surface area contributed by atoms with Crippen molar-refractivity contribution in [3.8, 4) is 22.3 Å². The number of hydrogen-bond donors (Lipinski definition) is 2. The van der Waals surface area contributed by atoms with Crippen molar-refractivity contribution in [2.75, 3.05) is 5.32 Å². The number of amides is 2. The van der Waals surface area contributed by atoms with Crippen LogP contribution in [0, 0.1) is 6.92 Å². The lowest BCUT2D eigenvalue weighted by atomic mass is 9.96. The number of pyridine rings is 2. The molecule has 0 aliphatic carbocycles. The molecule has 0 saturated heterocycles. The van der Waals surface area contributed by atoms with Gasteiger partial charge >= 0.3 is 0 Å². The normalized spacial score (nSPS) is 11.2. The number of hydrogen-bond acceptors (Lipinski definition) is 5. The second kappa shape index (κ2) is 9.91. The summed E-state index contributed by atoms with van der Waals surface area (Å²) in [5.41, 5.74) is 12.1. The van der Waals surface area contributed by atoms with Gasteiger partial charge in [0.25, 0.3) is 11.8 Å². The van der Waals surface area contributed by atoms with Gasteiger partial charge in [0, 0.05) is 40.3 Å². The molecule has 0 bridgehead atoms. The molecule has 9 heteroatoms. The van der Waals surface area contributed by atoms with Crippen molar-refractivity contribution in [2.24, 2.45) is 12.8 Å². The van der Waals surface area contributed by atoms with E-state index in [1.165, 1.54) is 0 Å². The quantitative estimate of drug-likeness (QED) is 0.268. The van der Waals surface area contributed by atoms with E-state index in [4.69, 9.17) is 17.3 Å². The molecule has 0 aliphatic heterocycles. The minimum atomic E-state index is -0.646. The first-order valence-electron chi connectivity index (χ1n) is 12.5. The van der Waals surface area contributed by atoms with Crippen LogP contribution in [0.4, 0.5) is 5.69 Å². The lowest BCUT2D eigenvalue weighted by Crippen LogP contribution is -2.15. The van der Waals surface area contributed by atoms with Crippen molar-refractivity contribution >= 4 is 50.9 Å². The van der Waals surface area contributed by atoms with Crippen LogP contribution in [0.1, 0.15) is 26.5 Å². The number of nitrogens with one attached hydrogen (secondary N) is 1. The van der Waals surface area contributed by atoms with E-state index in [1.807, 2.05) is 62.6 Å². The number of carbonyl (C=O) groups is 2. The Morgan fingerprint density at radius 3 is 2.35 bits per heavy atom. The second-order valence-electron chi connectivity index (χ2n) is 9.54. The van der Waals surface area contributed by atoms with E-state index in [0.29, 0.717) is 21.7 Å². The summed E-state index contributed by atoms with van der Waals surface area (Å²) in [5.74, 6) is -1.03. The highest BCUT2D eigenvalue weighted by atomic mass is 35.5. The monoisotopic (exact) mass is 546 g/mol. The smallest absolute Gasteiger partial charge is 0.274 e. The third kappa shape index (κ3) is 4.65. The molecule has 0 fully saturated rings. The third-order valence-electron chi connectivity index (χ3n) is 6.76. The summed E-state index contributed by atoms with van der Waals surface area (Å²) >= 11 is 6.17. The topological polar surface area (TPSA) is 116 Å². The summed E-state index contributed by atoms with van der Waals surface area (Å²) in [6.45, 7) is 1.95. The highest BCUT2D eigenvalue weighted by molar-refractivity contribution is 6.30. The van der Waals surface area contributed by atoms with Crippen LogP contribution in [0.15, 0.2) is 85.2 Å². The first-order chi connectivity index (χ1) is 19.3. The van der Waals surface area contributed by atoms with Gasteiger partial charge in [0.05, 0.1) is 17.2 Å². The number of aromatic nitrogens is 4. The minimum absolute atomic E-state index is 0.123. The van der Waals surface area contributed by atoms with E-state index in [0.717, 1.165) is 38.6 Å². The standard InChI is InChI=1S/C31H23ClN6O2/c1-17-11-19(32)7-9-21(17)25-14-28(30(33)39)37-27-12-20(8-10-23(25)27)35-31(40)29-13-24(18-15-34-38(2)16-18)22-5-3-4-6-26(22)36-29/h3-16H,1-2H3,(H2,33,39)(H,35,40). The van der Waals surface area contributed by atoms with Crippen LogP contribution in [0.25, 0.3) is 44.1 Å². The van der Waals surface area contributed by atoms with Crippen molar-refractivity contribution in [1.29, 1.82) is 0 Å². The minimum Gasteiger partial charge on any atom is -0.364 e. The Kier molecular flexibility index (Phi) is 6.24. The molecule has 2 amide bonds. The van der Waals surface area contributed by atoms with Gasteiger partial charge in [0.1, 0.15) is 11.4 Å². The zero-order valence-corrected chi connectivity index (χ0v) is 22.4. The van der Waals surface area contributed by atoms with E-state index >= 15 is 0 Å². The van der Waals surface area contributed by atoms with Gasteiger partial charge in [-0.25, -0.2) is 9.97 Å². The van der Waals surface area contributed by atoms with Crippen molar-refractivity contribution in [2.45, 2.75) is 6.92 Å². The van der Waals surface area contributed by atoms with Gasteiger partial charge in [0.2, 0.25) is 0 Å². The summed E-state index contributed by atoms with van der Waals surface area (Å²) in [7, 11) is 1.84. The number of rotatable bonds is 5. The molecule has 3 aromatic carbocycles. The molecule has 40 heavy (non-hydrogen) atoms. The molecule has 6 aromatic rings. The zero-order chi connectivity index (χ0) is 28.0. The van der Waals surface area contributed by atoms with E-state index in [-0.39, 0.29) is 17.3 Å². The first kappa shape index (κ1) is 25.2. The Morgan fingerprint density at radius 2 is 1.60 bits per heavy atom. The Bertz CT molecular complexity index is 1980. The molecule has 0 spiro atoms. The highest BCUT2D eigenvalue weighted by Gasteiger charge is 2.17. The van der Waals surface area contributed by atoms with Crippen molar-refractivity contribution in [3.63, 3.8) is 0 Å². The number of para-hydroxylation sites is 1. The fraction of sp³-hybridized carbons (Fsp3) is 0.0645. The molecule has 0 aliphatic rings. The number of primary amides is 1. The van der Waals surface area contributed by atoms with Gasteiger partial charge in [-0.1, -0.05) is 41.9 Å². The van der Waals surface area contributed by atoms with Gasteiger partial charge < -0.3 is 11.1 Å². The summed E-state index contributed by atoms with van der Waals surface area (Å²) < 4.78 is 1.71. The molecule has 0 saturated carbocycles. The van der Waals surface area contributed by atoms with Gasteiger partial charge in [0.15, 0.2) is 0 Å². The maximum Gasteiger partial charge on any atom is 0.274 e. The molecule has 6 rings (SSSR count). The summed E-state index contributed by atoms with van der Waals surface area (Å²) in [5, 5.41) is 9.55. The van der Waals surface area contributed by atoms with Crippen LogP contribution in [0.5, 0.6) is 0 Å². The van der Waals surface area contributed by atoms with Crippen LogP contribution >= 0.6 is 11.6 Å². The lowest BCUT2D eigenvalue weighted by molar-refractivity contribution is 0.0993. The highest BCUT2D eigenvalue weighted by Crippen LogP contribution is 2.34. The van der Waals surface area contributed by atoms with Crippen LogP contribution in [0.3, 0.4) is 0 Å². The van der Waals surface area contributed by atoms with Gasteiger partial charge in [-0.15, -0.1) is 0 Å². The maximum atomic E-state index is 13.4. The van der Waals surface area contributed by atoms with E-state index in [2.05, 4.69) is 20.4 Å². The average molecular weight is 547 g/mol. The Hall–Kier alpha value is -5.08. The van der Waals surface area contributed by atoms with Gasteiger partial charge in [-0.2, -0.15) is 5.10 Å². The molecule has 0 atom stereocenters. The molecule has 0 radical (unpaired) electrons. The molecular weight excluding hydrogens is 524 g/mol. The summed E-state index contributed by atoms with van der Waals surface area (Å²) in [4.78, 5) is 34.6. The van der Waals surface area contributed by atoms with Gasteiger partial charge in [-0.05, 0) is 71.6 Å². The molecule has 3 N–H and O–H groups in total. The van der Waals surface area contributed by atoms with E-state index in [1.54, 1.807) is 41.2 Å². The molecular formula is C31H23ClN6O2. The van der Waals surface area contributed by atoms with Crippen molar-refractivity contribution in [1.82, 2.24) is 19.7 Å². The number of nitrogens with two attached hydrogens (primary N) is 1. The number of nitrogens with zero attached hydrogens (tertiary/aromatic N) is 4. The largest absolute Gasteiger partial charge is 0.364 e. The molecule has 8 nitrogen and oxygen atoms in total. The maximum absolute atomic E-state index is 13.4. The second-order valence-corrected chi connectivity index (χ2v) is 9.98. The predicted molar refractivity (Wildman–Crippen MR) is 157 cm³/mol. The number of fused-ring (bicyclic) bond motifs is 2. The fourth-order valence-electron chi connectivity index (χ4n) is 4.87. The SMILES string of the molecule is Cc1cc(Cl)ccc1-c1cc(C(N)=O)nc2cc(NC(=O)c3cc(-c4cnn(C)c4)c4ccccc4n3)ccc12. The Balaban J connectivity index is 1.41. The number of aryl methyl sites for hydroxylation is 2. The predicted octanol–water partition coefficient (Wildman–Crippen LogP) is 6.16. The van der Waals surface area contributed by atoms with Crippen LogP contribution in [-0.2, 0) is 7.05 Å². The van der Waals surface area contributed by atoms with Crippen molar-refractivity contribution in [3.05, 3.63) is 107 Å². The molecule has 3 aromatic heterocycles. The summed E-state index contributed by atoms with van der Waals surface area (Å²) in [6.07, 6.45) is 3.66. The van der Waals surface area contributed by atoms with Crippen molar-refractivity contribution < 1.29 is 9.59 Å². The number of carbonyl (C=O) groups excluding carboxylic acids is 2. The van der Waals surface area contributed by atoms with Crippen LogP contribution in [-0.4, -0.2) is 31.6 Å². The third-order valence-corrected chi connectivity index (χ3v) is 7.00. The van der Waals surface area contributed by atoms with E-state index in [9.17, 15) is 9.59 Å². The van der Waals surface area contributed by atoms with Gasteiger partial charge in [-0.3, -0.25) is 14.3 Å². The number of halogens is 1. The molecule has 3 heterocycles. The lowest BCUT2D eigenvalue weighted by Gasteiger charge is -2.13. The van der Waals surface area contributed by atoms with Crippen LogP contribution < -0.4 is 11.1 Å².